The van der Waals surface area contributed by atoms with Crippen LogP contribution in [0.25, 0.3) is 0 Å². The second kappa shape index (κ2) is 4.88. The van der Waals surface area contributed by atoms with Gasteiger partial charge < -0.3 is 5.73 Å². The molecule has 2 heteroatoms. The highest BCUT2D eigenvalue weighted by Gasteiger charge is 1.94. The van der Waals surface area contributed by atoms with Crippen LogP contribution in [0.3, 0.4) is 0 Å². The van der Waals surface area contributed by atoms with Gasteiger partial charge in [-0.1, -0.05) is 30.3 Å². The lowest BCUT2D eigenvalue weighted by molar-refractivity contribution is 0.738. The third-order valence-corrected chi connectivity index (χ3v) is 1.40. The molecule has 11 heavy (non-hydrogen) atoms. The molecule has 1 aromatic carbocycles. The third kappa shape index (κ3) is 3.75. The first-order valence-corrected chi connectivity index (χ1v) is 3.58. The van der Waals surface area contributed by atoms with E-state index in [0.29, 0.717) is 0 Å². The predicted molar refractivity (Wildman–Crippen MR) is 45.9 cm³/mol. The van der Waals surface area contributed by atoms with Gasteiger partial charge in [-0.15, -0.1) is 0 Å². The maximum absolute atomic E-state index is 5.62. The van der Waals surface area contributed by atoms with Gasteiger partial charge in [0.1, 0.15) is 0 Å². The van der Waals surface area contributed by atoms with Gasteiger partial charge in [-0.05, 0) is 18.9 Å². The van der Waals surface area contributed by atoms with Crippen molar-refractivity contribution in [2.24, 2.45) is 5.73 Å². The molecule has 0 aliphatic carbocycles. The van der Waals surface area contributed by atoms with Crippen LogP contribution in [0.5, 0.6) is 0 Å². The molecule has 0 aliphatic rings. The van der Waals surface area contributed by atoms with Crippen molar-refractivity contribution in [3.8, 4) is 0 Å². The lowest BCUT2D eigenvalue weighted by Gasteiger charge is -2.02. The van der Waals surface area contributed by atoms with Crippen molar-refractivity contribution in [3.05, 3.63) is 35.9 Å². The molecule has 0 aliphatic heterocycles. The lowest BCUT2D eigenvalue weighted by atomic mass is 10.1. The van der Waals surface area contributed by atoms with Crippen LogP contribution in [0.1, 0.15) is 12.5 Å². The van der Waals surface area contributed by atoms with Crippen molar-refractivity contribution in [2.45, 2.75) is 19.4 Å². The average Bonchev–Trinajstić information content (AvgIpc) is 1.88. The summed E-state index contributed by atoms with van der Waals surface area (Å²) in [7, 11) is 0. The van der Waals surface area contributed by atoms with Crippen molar-refractivity contribution >= 4 is 0 Å². The highest BCUT2D eigenvalue weighted by molar-refractivity contribution is 5.15. The maximum atomic E-state index is 5.62. The molecule has 0 fully saturated rings. The van der Waals surface area contributed by atoms with E-state index in [1.807, 2.05) is 25.1 Å². The number of nitrogens with zero attached hydrogens (tertiary/aromatic N) is 1. The number of nitrogens with two attached hydrogens (primary N) is 1. The summed E-state index contributed by atoms with van der Waals surface area (Å²) in [4.78, 5) is 0. The van der Waals surface area contributed by atoms with Crippen molar-refractivity contribution in [3.63, 3.8) is 0 Å². The quantitative estimate of drug-likeness (QED) is 0.672. The monoisotopic (exact) mass is 149 g/mol. The van der Waals surface area contributed by atoms with E-state index in [1.165, 1.54) is 5.56 Å². The fourth-order valence-corrected chi connectivity index (χ4v) is 0.986. The summed E-state index contributed by atoms with van der Waals surface area (Å²) in [5.74, 6) is 0. The van der Waals surface area contributed by atoms with E-state index in [1.54, 1.807) is 0 Å². The largest absolute Gasteiger partial charge is 0.328 e. The van der Waals surface area contributed by atoms with Gasteiger partial charge in [-0.3, -0.25) is 0 Å². The third-order valence-electron chi connectivity index (χ3n) is 1.40. The van der Waals surface area contributed by atoms with E-state index in [-0.39, 0.29) is 12.2 Å². The molecule has 0 aromatic heterocycles. The highest BCUT2D eigenvalue weighted by Crippen LogP contribution is 2.00. The normalized spacial score (nSPS) is 11.8. The summed E-state index contributed by atoms with van der Waals surface area (Å²) < 4.78 is 0. The number of benzene rings is 1. The average molecular weight is 149 g/mol. The Morgan fingerprint density at radius 2 is 1.82 bits per heavy atom. The molecule has 1 rings (SSSR count). The van der Waals surface area contributed by atoms with Crippen LogP contribution in [0.4, 0.5) is 0 Å². The molecule has 1 unspecified atom stereocenters. The Morgan fingerprint density at radius 1 is 1.27 bits per heavy atom. The minimum Gasteiger partial charge on any atom is -0.328 e. The SMILES string of the molecule is CC(N)Cc1ccccc1.[N]. The molecule has 59 valence electrons. The van der Waals surface area contributed by atoms with Gasteiger partial charge in [0.25, 0.3) is 0 Å². The zero-order chi connectivity index (χ0) is 7.40. The smallest absolute Gasteiger partial charge is 0.00509 e. The molecule has 0 bridgehead atoms. The minimum absolute atomic E-state index is 0. The molecule has 0 amide bonds. The summed E-state index contributed by atoms with van der Waals surface area (Å²) in [6.45, 7) is 2.02. The Labute approximate surface area is 68.0 Å². The van der Waals surface area contributed by atoms with E-state index in [9.17, 15) is 0 Å². The van der Waals surface area contributed by atoms with Gasteiger partial charge in [0.15, 0.2) is 0 Å². The molecule has 0 spiro atoms. The molecular formula is C9H13N2. The Morgan fingerprint density at radius 3 is 2.27 bits per heavy atom. The van der Waals surface area contributed by atoms with Crippen LogP contribution in [-0.4, -0.2) is 6.04 Å². The molecular weight excluding hydrogens is 136 g/mol. The van der Waals surface area contributed by atoms with E-state index >= 15 is 0 Å². The van der Waals surface area contributed by atoms with Gasteiger partial charge in [0, 0.05) is 12.2 Å². The Hall–Kier alpha value is -0.860. The molecule has 1 atom stereocenters. The fraction of sp³-hybridized carbons (Fsp3) is 0.333. The second-order valence-corrected chi connectivity index (χ2v) is 2.67. The molecule has 2 N–H and O–H groups in total. The second-order valence-electron chi connectivity index (χ2n) is 2.67. The van der Waals surface area contributed by atoms with Crippen LogP contribution in [-0.2, 0) is 6.42 Å². The number of hydrogen-bond acceptors (Lipinski definition) is 1. The molecule has 0 saturated carbocycles. The van der Waals surface area contributed by atoms with E-state index in [0.717, 1.165) is 6.42 Å². The minimum atomic E-state index is 0. The summed E-state index contributed by atoms with van der Waals surface area (Å²) in [5, 5.41) is 0. The van der Waals surface area contributed by atoms with Gasteiger partial charge in [0.2, 0.25) is 0 Å². The standard InChI is InChI=1S/C9H13N.N/c1-8(10)7-9-5-3-2-4-6-9;/h2-6,8H,7,10H2,1H3;. The van der Waals surface area contributed by atoms with Crippen LogP contribution >= 0.6 is 0 Å². The first kappa shape index (κ1) is 10.1. The van der Waals surface area contributed by atoms with Crippen LogP contribution in [0.2, 0.25) is 0 Å². The topological polar surface area (TPSA) is 56.5 Å². The van der Waals surface area contributed by atoms with Crippen LogP contribution in [0.15, 0.2) is 30.3 Å². The summed E-state index contributed by atoms with van der Waals surface area (Å²) in [6.07, 6.45) is 0.973. The zero-order valence-corrected chi connectivity index (χ0v) is 6.70. The zero-order valence-electron chi connectivity index (χ0n) is 6.70. The van der Waals surface area contributed by atoms with Crippen molar-refractivity contribution in [2.75, 3.05) is 0 Å². The van der Waals surface area contributed by atoms with Crippen LogP contribution < -0.4 is 11.9 Å². The van der Waals surface area contributed by atoms with E-state index < -0.39 is 0 Å². The van der Waals surface area contributed by atoms with E-state index in [4.69, 9.17) is 5.73 Å². The molecule has 1 aromatic rings. The van der Waals surface area contributed by atoms with Crippen molar-refractivity contribution in [1.29, 1.82) is 0 Å². The summed E-state index contributed by atoms with van der Waals surface area (Å²) in [6, 6.07) is 10.6. The number of rotatable bonds is 2. The predicted octanol–water partition coefficient (Wildman–Crippen LogP) is 1.10. The fourth-order valence-electron chi connectivity index (χ4n) is 0.986. The van der Waals surface area contributed by atoms with Gasteiger partial charge in [-0.2, -0.15) is 0 Å². The van der Waals surface area contributed by atoms with Gasteiger partial charge in [0.05, 0.1) is 0 Å². The Balaban J connectivity index is 0.000001000. The lowest BCUT2D eigenvalue weighted by Crippen LogP contribution is -2.17. The Kier molecular flexibility index (Phi) is 4.50. The first-order valence-electron chi connectivity index (χ1n) is 3.58. The summed E-state index contributed by atoms with van der Waals surface area (Å²) >= 11 is 0. The van der Waals surface area contributed by atoms with Gasteiger partial charge >= 0.3 is 0 Å². The molecule has 3 radical (unpaired) electrons. The highest BCUT2D eigenvalue weighted by atomic mass is 14.6. The molecule has 2 nitrogen and oxygen atoms in total. The Bertz CT molecular complexity index is 182. The summed E-state index contributed by atoms with van der Waals surface area (Å²) in [5.41, 5.74) is 6.94. The van der Waals surface area contributed by atoms with Crippen molar-refractivity contribution in [1.82, 2.24) is 6.15 Å². The van der Waals surface area contributed by atoms with Crippen molar-refractivity contribution < 1.29 is 0 Å². The molecule has 0 saturated heterocycles. The number of hydrogen-bond donors (Lipinski definition) is 1. The van der Waals surface area contributed by atoms with E-state index in [2.05, 4.69) is 12.1 Å². The van der Waals surface area contributed by atoms with Crippen LogP contribution in [0, 0.1) is 0 Å². The molecule has 0 heterocycles. The van der Waals surface area contributed by atoms with Gasteiger partial charge in [-0.25, -0.2) is 0 Å². The first-order chi connectivity index (χ1) is 4.79. The maximum Gasteiger partial charge on any atom is 0.00509 e.